The SMILES string of the molecule is Cc1cc(N2CCN(CCN3CCC(Oc4ccc(NC(=O)C5CCCN(c6ccc(C#N)c(C(F)(F)F)c6)CC5)nc4)CC3)CC2)c(F)cc1C(=O)N(C=O)C1CCC(=O)NC1=O. The molecule has 0 saturated carbocycles. The van der Waals surface area contributed by atoms with Crippen LogP contribution in [0.2, 0.25) is 0 Å². The first-order valence-electron chi connectivity index (χ1n) is 21.6. The Morgan fingerprint density at radius 2 is 1.67 bits per heavy atom. The molecule has 3 aromatic rings. The molecule has 4 saturated heterocycles. The number of ether oxygens (including phenoxy) is 1. The fourth-order valence-corrected chi connectivity index (χ4v) is 8.86. The number of imide groups is 2. The number of nitriles is 1. The summed E-state index contributed by atoms with van der Waals surface area (Å²) in [7, 11) is 0. The fourth-order valence-electron chi connectivity index (χ4n) is 8.86. The number of benzene rings is 2. The van der Waals surface area contributed by atoms with Gasteiger partial charge in [0.1, 0.15) is 29.5 Å². The van der Waals surface area contributed by atoms with E-state index in [0.29, 0.717) is 73.9 Å². The van der Waals surface area contributed by atoms with Crippen LogP contribution in [0.4, 0.5) is 34.8 Å². The first-order valence-corrected chi connectivity index (χ1v) is 21.6. The molecule has 2 aromatic carbocycles. The largest absolute Gasteiger partial charge is 0.489 e. The van der Waals surface area contributed by atoms with Crippen molar-refractivity contribution >= 4 is 47.2 Å². The van der Waals surface area contributed by atoms with Crippen LogP contribution in [0.1, 0.15) is 72.0 Å². The van der Waals surface area contributed by atoms with Crippen LogP contribution in [0.15, 0.2) is 48.7 Å². The van der Waals surface area contributed by atoms with Gasteiger partial charge in [-0.2, -0.15) is 18.4 Å². The molecule has 4 aliphatic rings. The molecule has 5 amide bonds. The van der Waals surface area contributed by atoms with Gasteiger partial charge in [0.2, 0.25) is 24.1 Å². The Morgan fingerprint density at radius 3 is 2.33 bits per heavy atom. The third kappa shape index (κ3) is 11.0. The number of anilines is 3. The molecular formula is C45H51F4N9O6. The highest BCUT2D eigenvalue weighted by atomic mass is 19.4. The number of pyridine rings is 1. The van der Waals surface area contributed by atoms with Crippen LogP contribution < -0.4 is 25.2 Å². The van der Waals surface area contributed by atoms with Crippen molar-refractivity contribution < 1.29 is 46.3 Å². The van der Waals surface area contributed by atoms with Crippen LogP contribution in [0, 0.1) is 30.0 Å². The number of aromatic nitrogens is 1. The minimum absolute atomic E-state index is 0.00653. The Bertz CT molecular complexity index is 2260. The maximum Gasteiger partial charge on any atom is 0.417 e. The Morgan fingerprint density at radius 1 is 0.938 bits per heavy atom. The second kappa shape index (κ2) is 20.1. The monoisotopic (exact) mass is 889 g/mol. The van der Waals surface area contributed by atoms with Gasteiger partial charge in [0, 0.05) is 89.0 Å². The molecule has 340 valence electrons. The van der Waals surface area contributed by atoms with Crippen LogP contribution in [0.5, 0.6) is 5.75 Å². The molecule has 0 radical (unpaired) electrons. The van der Waals surface area contributed by atoms with E-state index in [0.717, 1.165) is 69.1 Å². The Balaban J connectivity index is 0.807. The second-order valence-electron chi connectivity index (χ2n) is 16.7. The molecule has 0 bridgehead atoms. The number of piperidine rings is 2. The number of aryl methyl sites for hydroxylation is 1. The summed E-state index contributed by atoms with van der Waals surface area (Å²) >= 11 is 0. The molecule has 0 spiro atoms. The quantitative estimate of drug-likeness (QED) is 0.146. The van der Waals surface area contributed by atoms with Crippen LogP contribution in [0.3, 0.4) is 0 Å². The number of amides is 5. The first kappa shape index (κ1) is 45.9. The van der Waals surface area contributed by atoms with Gasteiger partial charge >= 0.3 is 6.18 Å². The molecule has 4 fully saturated rings. The zero-order valence-corrected chi connectivity index (χ0v) is 35.5. The lowest BCUT2D eigenvalue weighted by molar-refractivity contribution is -0.139. The van der Waals surface area contributed by atoms with Crippen LogP contribution in [-0.4, -0.2) is 127 Å². The van der Waals surface area contributed by atoms with E-state index in [1.165, 1.54) is 12.1 Å². The van der Waals surface area contributed by atoms with Crippen molar-refractivity contribution in [2.75, 3.05) is 80.6 Å². The second-order valence-corrected chi connectivity index (χ2v) is 16.7. The summed E-state index contributed by atoms with van der Waals surface area (Å²) in [5, 5.41) is 14.1. The molecular weight excluding hydrogens is 839 g/mol. The number of hydrogen-bond acceptors (Lipinski definition) is 12. The lowest BCUT2D eigenvalue weighted by Crippen LogP contribution is -2.54. The van der Waals surface area contributed by atoms with E-state index in [4.69, 9.17) is 10.00 Å². The van der Waals surface area contributed by atoms with Crippen molar-refractivity contribution in [1.29, 1.82) is 5.26 Å². The molecule has 7 rings (SSSR count). The van der Waals surface area contributed by atoms with Gasteiger partial charge in [-0.15, -0.1) is 0 Å². The number of nitrogens with zero attached hydrogens (tertiary/aromatic N) is 7. The molecule has 2 N–H and O–H groups in total. The number of likely N-dealkylation sites (tertiary alicyclic amines) is 1. The number of carbonyl (C=O) groups excluding carboxylic acids is 5. The average molecular weight is 890 g/mol. The predicted molar refractivity (Wildman–Crippen MR) is 227 cm³/mol. The maximum absolute atomic E-state index is 15.5. The van der Waals surface area contributed by atoms with Gasteiger partial charge in [0.25, 0.3) is 5.91 Å². The van der Waals surface area contributed by atoms with Crippen molar-refractivity contribution in [3.8, 4) is 11.8 Å². The van der Waals surface area contributed by atoms with Crippen LogP contribution >= 0.6 is 0 Å². The van der Waals surface area contributed by atoms with Crippen LogP contribution in [0.25, 0.3) is 0 Å². The normalized spacial score (nSPS) is 20.5. The Kier molecular flexibility index (Phi) is 14.4. The summed E-state index contributed by atoms with van der Waals surface area (Å²) in [5.41, 5.74) is -0.202. The first-order chi connectivity index (χ1) is 30.7. The number of alkyl halides is 3. The fraction of sp³-hybridized carbons (Fsp3) is 0.489. The van der Waals surface area contributed by atoms with Gasteiger partial charge in [0.15, 0.2) is 0 Å². The number of nitrogens with one attached hydrogen (secondary N) is 2. The van der Waals surface area contributed by atoms with Gasteiger partial charge in [-0.3, -0.25) is 39.1 Å². The molecule has 64 heavy (non-hydrogen) atoms. The van der Waals surface area contributed by atoms with Crippen molar-refractivity contribution in [2.45, 2.75) is 70.2 Å². The predicted octanol–water partition coefficient (Wildman–Crippen LogP) is 4.73. The average Bonchev–Trinajstić information content (AvgIpc) is 3.55. The molecule has 19 heteroatoms. The van der Waals surface area contributed by atoms with Crippen molar-refractivity contribution in [3.05, 3.63) is 76.7 Å². The van der Waals surface area contributed by atoms with Gasteiger partial charge < -0.3 is 24.8 Å². The van der Waals surface area contributed by atoms with Gasteiger partial charge in [-0.25, -0.2) is 9.37 Å². The number of carbonyl (C=O) groups is 5. The minimum atomic E-state index is -4.64. The molecule has 0 aliphatic carbocycles. The van der Waals surface area contributed by atoms with E-state index < -0.39 is 46.9 Å². The summed E-state index contributed by atoms with van der Waals surface area (Å²) in [6.07, 6.45) is 0.512. The maximum atomic E-state index is 15.5. The Hall–Kier alpha value is -6.13. The smallest absolute Gasteiger partial charge is 0.417 e. The zero-order chi connectivity index (χ0) is 45.5. The summed E-state index contributed by atoms with van der Waals surface area (Å²) in [6, 6.07) is 10.4. The summed E-state index contributed by atoms with van der Waals surface area (Å²) in [6.45, 7) is 8.63. The van der Waals surface area contributed by atoms with Crippen molar-refractivity contribution in [1.82, 2.24) is 25.0 Å². The van der Waals surface area contributed by atoms with E-state index in [1.54, 1.807) is 37.4 Å². The topological polar surface area (TPSA) is 172 Å². The molecule has 5 heterocycles. The standard InChI is InChI=1S/C45H51F4N9O6/c1-29-23-39(37(46)25-35(29)44(63)58(28-59)38-7-9-41(60)53-43(38)62)57-21-19-55(20-22-57)18-17-54-14-11-33(12-15-54)64-34-6-8-40(51-27-34)52-42(61)30-3-2-13-56(16-10-30)32-5-4-31(26-50)36(24-32)45(47,48)49/h4-6,8,23-25,27-28,30,33,38H,2-3,7,9-22H2,1H3,(H,51,52,61)(H,53,60,62). The van der Waals surface area contributed by atoms with E-state index in [9.17, 15) is 37.1 Å². The van der Waals surface area contributed by atoms with Gasteiger partial charge in [-0.1, -0.05) is 0 Å². The summed E-state index contributed by atoms with van der Waals surface area (Å²) < 4.78 is 62.4. The summed E-state index contributed by atoms with van der Waals surface area (Å²) in [5.74, 6) is -2.16. The van der Waals surface area contributed by atoms with E-state index in [2.05, 4.69) is 25.4 Å². The minimum Gasteiger partial charge on any atom is -0.489 e. The van der Waals surface area contributed by atoms with Crippen molar-refractivity contribution in [2.24, 2.45) is 5.92 Å². The lowest BCUT2D eigenvalue weighted by Gasteiger charge is -2.38. The highest BCUT2D eigenvalue weighted by Gasteiger charge is 2.37. The van der Waals surface area contributed by atoms with E-state index in [-0.39, 0.29) is 42.7 Å². The molecule has 1 aromatic heterocycles. The Labute approximate surface area is 368 Å². The molecule has 15 nitrogen and oxygen atoms in total. The molecule has 4 aliphatic heterocycles. The lowest BCUT2D eigenvalue weighted by atomic mass is 10.00. The van der Waals surface area contributed by atoms with Gasteiger partial charge in [-0.05, 0) is 93.5 Å². The number of piperazine rings is 1. The number of hydrogen-bond donors (Lipinski definition) is 2. The number of halogens is 4. The van der Waals surface area contributed by atoms with Crippen molar-refractivity contribution in [3.63, 3.8) is 0 Å². The summed E-state index contributed by atoms with van der Waals surface area (Å²) in [4.78, 5) is 75.8. The third-order valence-corrected chi connectivity index (χ3v) is 12.6. The molecule has 2 unspecified atom stereocenters. The van der Waals surface area contributed by atoms with E-state index in [1.807, 2.05) is 9.80 Å². The zero-order valence-electron chi connectivity index (χ0n) is 35.5. The number of rotatable bonds is 12. The van der Waals surface area contributed by atoms with E-state index >= 15 is 4.39 Å². The third-order valence-electron chi connectivity index (χ3n) is 12.6. The van der Waals surface area contributed by atoms with Crippen LogP contribution in [-0.2, 0) is 25.4 Å². The highest BCUT2D eigenvalue weighted by molar-refractivity contribution is 6.07. The molecule has 2 atom stereocenters. The van der Waals surface area contributed by atoms with Gasteiger partial charge in [0.05, 0.1) is 29.1 Å². The highest BCUT2D eigenvalue weighted by Crippen LogP contribution is 2.35.